The van der Waals surface area contributed by atoms with Gasteiger partial charge in [0.15, 0.2) is 24.8 Å². The van der Waals surface area contributed by atoms with Gasteiger partial charge < -0.3 is 16.0 Å². The average molecular weight is 1070 g/mol. The smallest absolute Gasteiger partial charge is 0.290 e. The lowest BCUT2D eigenvalue weighted by atomic mass is 10.1. The monoisotopic (exact) mass is 1060 g/mol. The second-order valence-corrected chi connectivity index (χ2v) is 20.4. The fourth-order valence-corrected chi connectivity index (χ4v) is 10.3. The van der Waals surface area contributed by atoms with Gasteiger partial charge in [-0.3, -0.25) is 60.0 Å². The number of hydrazine groups is 2. The lowest BCUT2D eigenvalue weighted by molar-refractivity contribution is -0.684. The number of benzene rings is 4. The third kappa shape index (κ3) is 16.3. The number of rotatable bonds is 28. The Hall–Kier alpha value is -8.45. The molecular formula is C51H60N12O10S2+2. The summed E-state index contributed by atoms with van der Waals surface area (Å²) in [7, 11) is -8.08. The van der Waals surface area contributed by atoms with Crippen molar-refractivity contribution in [3.05, 3.63) is 155 Å². The Kier molecular flexibility index (Phi) is 19.7. The Balaban J connectivity index is 0.886. The molecule has 6 aromatic rings. The van der Waals surface area contributed by atoms with Crippen LogP contribution in [0.25, 0.3) is 0 Å². The van der Waals surface area contributed by atoms with Crippen molar-refractivity contribution in [2.24, 2.45) is 0 Å². The Bertz CT molecular complexity index is 3230. The summed E-state index contributed by atoms with van der Waals surface area (Å²) in [6.45, 7) is 7.81. The van der Waals surface area contributed by atoms with Gasteiger partial charge in [-0.25, -0.2) is 22.3 Å². The summed E-state index contributed by atoms with van der Waals surface area (Å²) >= 11 is 0. The number of carbonyl (C=O) groups excluding carboxylic acids is 5. The molecule has 0 spiro atoms. The molecule has 0 atom stereocenters. The summed E-state index contributed by atoms with van der Waals surface area (Å²) in [5.41, 5.74) is 18.5. The molecule has 0 saturated carbocycles. The van der Waals surface area contributed by atoms with E-state index in [4.69, 9.17) is 4.84 Å². The number of aryl methyl sites for hydroxylation is 2. The van der Waals surface area contributed by atoms with Crippen LogP contribution in [0.4, 0.5) is 34.1 Å². The fraction of sp³-hybridized carbons (Fsp3) is 0.235. The van der Waals surface area contributed by atoms with Gasteiger partial charge in [-0.05, 0) is 136 Å². The minimum Gasteiger partial charge on any atom is -0.352 e. The van der Waals surface area contributed by atoms with Crippen LogP contribution in [0, 0.1) is 27.7 Å². The molecule has 2 aromatic heterocycles. The normalized spacial score (nSPS) is 11.1. The van der Waals surface area contributed by atoms with Crippen LogP contribution in [0.2, 0.25) is 0 Å². The van der Waals surface area contributed by atoms with Crippen LogP contribution in [0.3, 0.4) is 0 Å². The summed E-state index contributed by atoms with van der Waals surface area (Å²) in [6.07, 6.45) is 9.98. The predicted octanol–water partition coefficient (Wildman–Crippen LogP) is 4.14. The molecule has 5 amide bonds. The Morgan fingerprint density at radius 3 is 1.53 bits per heavy atom. The van der Waals surface area contributed by atoms with Gasteiger partial charge >= 0.3 is 0 Å². The SMILES string of the molecule is Cc1ccc(S(=O)(=O)Nc2ccc(NNC=O)cc2)c(C)c1NC(=O)C[n+]1cccc(CONCCCCCNC(=O)c2ccc[n+](CC(=O)Nc3c(C)ccc(S(=O)(=O)Nc4ccc(NNC=O)cc4)c3C)c2)c1. The van der Waals surface area contributed by atoms with Gasteiger partial charge in [-0.1, -0.05) is 18.6 Å². The number of unbranched alkanes of at least 4 members (excludes halogenated alkanes) is 2. The molecule has 22 nitrogen and oxygen atoms in total. The topological polar surface area (TPSA) is 291 Å². The molecule has 6 rings (SSSR count). The molecular weight excluding hydrogens is 1000 g/mol. The lowest BCUT2D eigenvalue weighted by Gasteiger charge is -2.16. The van der Waals surface area contributed by atoms with E-state index < -0.39 is 26.0 Å². The Morgan fingerprint density at radius 2 is 1.03 bits per heavy atom. The van der Waals surface area contributed by atoms with E-state index in [0.717, 1.165) is 18.4 Å². The molecule has 4 aromatic carbocycles. The average Bonchev–Trinajstić information content (AvgIpc) is 3.38. The van der Waals surface area contributed by atoms with Crippen LogP contribution in [-0.2, 0) is 63.8 Å². The molecule has 0 saturated heterocycles. The van der Waals surface area contributed by atoms with E-state index >= 15 is 0 Å². The molecule has 0 aliphatic carbocycles. The van der Waals surface area contributed by atoms with Gasteiger partial charge in [0.2, 0.25) is 25.9 Å². The van der Waals surface area contributed by atoms with E-state index in [-0.39, 0.29) is 41.3 Å². The van der Waals surface area contributed by atoms with Gasteiger partial charge in [0, 0.05) is 53.5 Å². The number of carbonyl (C=O) groups is 5. The number of hydrogen-bond acceptors (Lipinski definition) is 13. The molecule has 10 N–H and O–H groups in total. The molecule has 24 heteroatoms. The number of anilines is 6. The van der Waals surface area contributed by atoms with E-state index in [9.17, 15) is 40.8 Å². The third-order valence-electron chi connectivity index (χ3n) is 11.5. The third-order valence-corrected chi connectivity index (χ3v) is 14.5. The highest BCUT2D eigenvalue weighted by molar-refractivity contribution is 7.93. The molecule has 2 heterocycles. The number of hydrogen-bond donors (Lipinski definition) is 10. The van der Waals surface area contributed by atoms with E-state index in [2.05, 4.69) is 52.6 Å². The number of amides is 5. The van der Waals surface area contributed by atoms with Crippen molar-refractivity contribution in [1.29, 1.82) is 0 Å². The summed E-state index contributed by atoms with van der Waals surface area (Å²) in [5, 5.41) is 8.63. The lowest BCUT2D eigenvalue weighted by Crippen LogP contribution is -2.41. The number of nitrogens with zero attached hydrogens (tertiary/aromatic N) is 2. The Labute approximate surface area is 435 Å². The molecule has 394 valence electrons. The summed E-state index contributed by atoms with van der Waals surface area (Å²) < 4.78 is 61.9. The number of hydroxylamine groups is 1. The quantitative estimate of drug-likeness (QED) is 0.0143. The number of nitrogens with one attached hydrogen (secondary N) is 10. The molecule has 0 fully saturated rings. The second kappa shape index (κ2) is 26.5. The second-order valence-electron chi connectivity index (χ2n) is 17.1. The van der Waals surface area contributed by atoms with Crippen LogP contribution in [0.15, 0.2) is 132 Å². The highest BCUT2D eigenvalue weighted by Gasteiger charge is 2.24. The number of pyridine rings is 2. The maximum absolute atomic E-state index is 13.4. The van der Waals surface area contributed by atoms with Crippen molar-refractivity contribution in [1.82, 2.24) is 21.6 Å². The predicted molar refractivity (Wildman–Crippen MR) is 281 cm³/mol. The van der Waals surface area contributed by atoms with E-state index in [1.807, 2.05) is 6.07 Å². The van der Waals surface area contributed by atoms with Gasteiger partial charge in [0.25, 0.3) is 37.8 Å². The van der Waals surface area contributed by atoms with Crippen molar-refractivity contribution in [3.63, 3.8) is 0 Å². The number of sulfonamides is 2. The van der Waals surface area contributed by atoms with E-state index in [1.54, 1.807) is 128 Å². The summed E-state index contributed by atoms with van der Waals surface area (Å²) in [6, 6.07) is 25.7. The molecule has 0 unspecified atom stereocenters. The molecule has 0 radical (unpaired) electrons. The summed E-state index contributed by atoms with van der Waals surface area (Å²) in [4.78, 5) is 66.2. The van der Waals surface area contributed by atoms with Crippen molar-refractivity contribution >= 4 is 84.7 Å². The minimum atomic E-state index is -4.05. The zero-order chi connectivity index (χ0) is 54.0. The highest BCUT2D eigenvalue weighted by atomic mass is 32.2. The first-order valence-corrected chi connectivity index (χ1v) is 26.5. The standard InChI is InChI=1S/C51H58N12O10S2/c1-35-12-22-45(74(69,70)60-43-18-14-41(15-19-43)58-53-33-64)37(3)49(35)56-47(66)30-62-26-8-10-39(28-62)32-73-55-25-7-5-6-24-52-51(68)40-11-9-27-63(29-40)31-48(67)57-50-36(2)13-23-46(38(50)4)75(71,72)61-44-20-16-42(17-21-44)59-54-34-65/h8-23,26-29,33-34,55,58-61H,5-7,24-25,30-32H2,1-4H3,(H3-2,52,53,54,56,57,64,65,66,67,68)/p+2. The zero-order valence-corrected chi connectivity index (χ0v) is 43.3. The highest BCUT2D eigenvalue weighted by Crippen LogP contribution is 2.30. The number of aromatic nitrogens is 2. The first-order valence-electron chi connectivity index (χ1n) is 23.5. The van der Waals surface area contributed by atoms with E-state index in [1.165, 1.54) is 24.3 Å². The molecule has 75 heavy (non-hydrogen) atoms. The van der Waals surface area contributed by atoms with Crippen LogP contribution in [0.1, 0.15) is 57.4 Å². The molecule has 0 bridgehead atoms. The van der Waals surface area contributed by atoms with Gasteiger partial charge in [0.1, 0.15) is 5.56 Å². The van der Waals surface area contributed by atoms with Gasteiger partial charge in [0.05, 0.1) is 27.8 Å². The van der Waals surface area contributed by atoms with E-state index in [0.29, 0.717) is 94.3 Å². The van der Waals surface area contributed by atoms with Crippen LogP contribution in [0.5, 0.6) is 0 Å². The van der Waals surface area contributed by atoms with Crippen molar-refractivity contribution in [2.75, 3.05) is 44.0 Å². The van der Waals surface area contributed by atoms with Crippen molar-refractivity contribution in [3.8, 4) is 0 Å². The first kappa shape index (κ1) is 55.9. The maximum atomic E-state index is 13.4. The largest absolute Gasteiger partial charge is 0.352 e. The first-order chi connectivity index (χ1) is 36.0. The van der Waals surface area contributed by atoms with Crippen LogP contribution >= 0.6 is 0 Å². The van der Waals surface area contributed by atoms with Crippen molar-refractivity contribution < 1.29 is 54.8 Å². The molecule has 0 aliphatic rings. The van der Waals surface area contributed by atoms with Gasteiger partial charge in [-0.2, -0.15) is 9.13 Å². The van der Waals surface area contributed by atoms with Crippen molar-refractivity contribution in [2.45, 2.75) is 76.4 Å². The Morgan fingerprint density at radius 1 is 0.560 bits per heavy atom. The minimum absolute atomic E-state index is 0.00495. The maximum Gasteiger partial charge on any atom is 0.290 e. The fourth-order valence-electron chi connectivity index (χ4n) is 7.73. The van der Waals surface area contributed by atoms with Crippen LogP contribution in [-0.4, -0.2) is 60.5 Å². The summed E-state index contributed by atoms with van der Waals surface area (Å²) in [5.74, 6) is -1.08. The van der Waals surface area contributed by atoms with Crippen LogP contribution < -0.4 is 61.7 Å². The zero-order valence-electron chi connectivity index (χ0n) is 41.7. The van der Waals surface area contributed by atoms with Gasteiger partial charge in [-0.15, -0.1) is 0 Å². The molecule has 0 aliphatic heterocycles.